The van der Waals surface area contributed by atoms with Gasteiger partial charge in [0.2, 0.25) is 5.75 Å². The van der Waals surface area contributed by atoms with Gasteiger partial charge in [-0.25, -0.2) is 0 Å². The van der Waals surface area contributed by atoms with Crippen LogP contribution in [-0.2, 0) is 17.7 Å². The predicted octanol–water partition coefficient (Wildman–Crippen LogP) is 3.27. The summed E-state index contributed by atoms with van der Waals surface area (Å²) in [6.45, 7) is 1.17. The van der Waals surface area contributed by atoms with Crippen LogP contribution < -0.4 is 14.2 Å². The predicted molar refractivity (Wildman–Crippen MR) is 93.5 cm³/mol. The van der Waals surface area contributed by atoms with E-state index in [1.54, 1.807) is 14.2 Å². The van der Waals surface area contributed by atoms with E-state index < -0.39 is 6.48 Å². The number of benzene rings is 2. The molecular weight excluding hydrogens is 318 g/mol. The summed E-state index contributed by atoms with van der Waals surface area (Å²) in [5.41, 5.74) is 6.17. The van der Waals surface area contributed by atoms with Crippen LogP contribution >= 0.6 is 0 Å². The van der Waals surface area contributed by atoms with Crippen LogP contribution in [0.5, 0.6) is 17.2 Å². The van der Waals surface area contributed by atoms with E-state index in [1.807, 2.05) is 0 Å². The normalized spacial score (nSPS) is 19.7. The topological polar surface area (TPSA) is 40.2 Å². The van der Waals surface area contributed by atoms with Crippen molar-refractivity contribution in [2.24, 2.45) is 0 Å². The molecule has 3 aliphatic rings. The third kappa shape index (κ3) is 2.12. The van der Waals surface area contributed by atoms with Crippen LogP contribution in [0.2, 0.25) is 0 Å². The van der Waals surface area contributed by atoms with Gasteiger partial charge in [0, 0.05) is 37.0 Å². The van der Waals surface area contributed by atoms with E-state index in [4.69, 9.17) is 18.9 Å². The molecule has 5 rings (SSSR count). The number of fused-ring (bicyclic) bond motifs is 5. The van der Waals surface area contributed by atoms with E-state index in [0.717, 1.165) is 30.8 Å². The van der Waals surface area contributed by atoms with Crippen molar-refractivity contribution in [3.63, 3.8) is 0 Å². The molecule has 0 radical (unpaired) electrons. The Labute approximate surface area is 146 Å². The molecule has 2 aromatic carbocycles. The third-order valence-electron chi connectivity index (χ3n) is 5.10. The molecule has 0 bridgehead atoms. The number of methoxy groups -OCH3 is 2. The van der Waals surface area contributed by atoms with Gasteiger partial charge in [0.25, 0.3) is 0 Å². The number of hydrogen-bond acceptors (Lipinski definition) is 5. The monoisotopic (exact) mass is 337 g/mol. The second-order valence-corrected chi connectivity index (χ2v) is 6.42. The van der Waals surface area contributed by atoms with E-state index >= 15 is 0 Å². The first-order valence-corrected chi connectivity index (χ1v) is 8.43. The van der Waals surface area contributed by atoms with Crippen LogP contribution in [0.4, 0.5) is 0 Å². The molecule has 0 fully saturated rings. The van der Waals surface area contributed by atoms with Crippen molar-refractivity contribution in [3.05, 3.63) is 52.6 Å². The third-order valence-corrected chi connectivity index (χ3v) is 5.10. The smallest absolute Gasteiger partial charge is 0.361 e. The summed E-state index contributed by atoms with van der Waals surface area (Å²) in [4.78, 5) is 2.42. The van der Waals surface area contributed by atoms with Crippen LogP contribution in [-0.4, -0.2) is 32.1 Å². The zero-order valence-corrected chi connectivity index (χ0v) is 14.2. The molecule has 0 aromatic heterocycles. The lowest BCUT2D eigenvalue weighted by Crippen LogP contribution is -2.31. The van der Waals surface area contributed by atoms with Gasteiger partial charge in [-0.2, -0.15) is 0 Å². The van der Waals surface area contributed by atoms with E-state index in [9.17, 15) is 0 Å². The molecule has 1 unspecified atom stereocenters. The van der Waals surface area contributed by atoms with Gasteiger partial charge in [-0.1, -0.05) is 24.3 Å². The molecule has 25 heavy (non-hydrogen) atoms. The zero-order valence-electron chi connectivity index (χ0n) is 14.2. The largest absolute Gasteiger partial charge is 0.492 e. The molecule has 128 valence electrons. The van der Waals surface area contributed by atoms with Crippen molar-refractivity contribution in [1.29, 1.82) is 0 Å². The van der Waals surface area contributed by atoms with Crippen molar-refractivity contribution < 1.29 is 18.9 Å². The van der Waals surface area contributed by atoms with Gasteiger partial charge < -0.3 is 23.8 Å². The minimum atomic E-state index is -0.718. The van der Waals surface area contributed by atoms with E-state index in [2.05, 4.69) is 41.3 Å². The highest BCUT2D eigenvalue weighted by atomic mass is 16.9. The Hall–Kier alpha value is -2.66. The summed E-state index contributed by atoms with van der Waals surface area (Å²) < 4.78 is 22.4. The van der Waals surface area contributed by atoms with Crippen LogP contribution in [0, 0.1) is 0 Å². The first-order chi connectivity index (χ1) is 12.3. The SMILES string of the molecule is COc1c2c(cc3c1OC(OC)O3)C1=Cc3ccccc3CN1CC2. The Kier molecular flexibility index (Phi) is 3.18. The van der Waals surface area contributed by atoms with Gasteiger partial charge in [-0.3, -0.25) is 0 Å². The Bertz CT molecular complexity index is 890. The molecular formula is C20H19NO4. The Morgan fingerprint density at radius 1 is 1.16 bits per heavy atom. The molecule has 3 aliphatic heterocycles. The molecule has 0 amide bonds. The fourth-order valence-electron chi connectivity index (χ4n) is 3.91. The number of ether oxygens (including phenoxy) is 4. The van der Waals surface area contributed by atoms with Crippen molar-refractivity contribution in [3.8, 4) is 17.2 Å². The maximum absolute atomic E-state index is 5.74. The Balaban J connectivity index is 1.68. The summed E-state index contributed by atoms with van der Waals surface area (Å²) in [6, 6.07) is 10.6. The molecule has 0 spiro atoms. The maximum Gasteiger partial charge on any atom is 0.361 e. The van der Waals surface area contributed by atoms with Crippen LogP contribution in [0.15, 0.2) is 30.3 Å². The molecule has 0 saturated carbocycles. The van der Waals surface area contributed by atoms with Crippen LogP contribution in [0.25, 0.3) is 11.8 Å². The summed E-state index contributed by atoms with van der Waals surface area (Å²) in [6.07, 6.45) is 3.17. The van der Waals surface area contributed by atoms with Gasteiger partial charge in [0.1, 0.15) is 0 Å². The van der Waals surface area contributed by atoms with E-state index in [1.165, 1.54) is 22.4 Å². The first kappa shape index (κ1) is 14.7. The van der Waals surface area contributed by atoms with Gasteiger partial charge in [-0.05, 0) is 29.7 Å². The fourth-order valence-corrected chi connectivity index (χ4v) is 3.91. The Morgan fingerprint density at radius 2 is 2.04 bits per heavy atom. The molecule has 5 nitrogen and oxygen atoms in total. The highest BCUT2D eigenvalue weighted by Crippen LogP contribution is 2.50. The summed E-state index contributed by atoms with van der Waals surface area (Å²) >= 11 is 0. The summed E-state index contributed by atoms with van der Waals surface area (Å²) in [5, 5.41) is 0. The number of hydrogen-bond donors (Lipinski definition) is 0. The molecule has 0 aliphatic carbocycles. The average molecular weight is 337 g/mol. The molecule has 1 atom stereocenters. The lowest BCUT2D eigenvalue weighted by molar-refractivity contribution is -0.158. The summed E-state index contributed by atoms with van der Waals surface area (Å²) in [7, 11) is 3.24. The van der Waals surface area contributed by atoms with Gasteiger partial charge in [0.15, 0.2) is 11.5 Å². The molecule has 0 saturated heterocycles. The first-order valence-electron chi connectivity index (χ1n) is 8.43. The minimum absolute atomic E-state index is 0.637. The molecule has 0 N–H and O–H groups in total. The molecule has 5 heteroatoms. The lowest BCUT2D eigenvalue weighted by atomic mass is 9.90. The van der Waals surface area contributed by atoms with Gasteiger partial charge in [-0.15, -0.1) is 0 Å². The lowest BCUT2D eigenvalue weighted by Gasteiger charge is -2.37. The highest BCUT2D eigenvalue weighted by Gasteiger charge is 2.35. The van der Waals surface area contributed by atoms with Crippen LogP contribution in [0.1, 0.15) is 22.3 Å². The average Bonchev–Trinajstić information content (AvgIpc) is 3.07. The number of rotatable bonds is 2. The van der Waals surface area contributed by atoms with E-state index in [0.29, 0.717) is 11.5 Å². The second kappa shape index (κ2) is 5.43. The van der Waals surface area contributed by atoms with Crippen molar-refractivity contribution >= 4 is 11.8 Å². The Morgan fingerprint density at radius 3 is 2.88 bits per heavy atom. The minimum Gasteiger partial charge on any atom is -0.492 e. The number of nitrogens with zero attached hydrogens (tertiary/aromatic N) is 1. The molecule has 3 heterocycles. The fraction of sp³-hybridized carbons (Fsp3) is 0.300. The van der Waals surface area contributed by atoms with Crippen molar-refractivity contribution in [1.82, 2.24) is 4.90 Å². The standard InChI is InChI=1S/C20H19NO4/c1-22-18-14-7-8-21-11-13-6-4-3-5-12(13)9-16(21)15(14)10-17-19(18)25-20(23-2)24-17/h3-6,9-10,20H,7-8,11H2,1-2H3. The van der Waals surface area contributed by atoms with Crippen LogP contribution in [0.3, 0.4) is 0 Å². The van der Waals surface area contributed by atoms with E-state index in [-0.39, 0.29) is 0 Å². The van der Waals surface area contributed by atoms with Crippen molar-refractivity contribution in [2.75, 3.05) is 20.8 Å². The highest BCUT2D eigenvalue weighted by molar-refractivity contribution is 5.87. The second-order valence-electron chi connectivity index (χ2n) is 6.42. The maximum atomic E-state index is 5.74. The van der Waals surface area contributed by atoms with Gasteiger partial charge >= 0.3 is 6.48 Å². The van der Waals surface area contributed by atoms with Gasteiger partial charge in [0.05, 0.1) is 7.11 Å². The van der Waals surface area contributed by atoms with Crippen molar-refractivity contribution in [2.45, 2.75) is 19.4 Å². The molecule has 2 aromatic rings. The quantitative estimate of drug-likeness (QED) is 0.841. The summed E-state index contributed by atoms with van der Waals surface area (Å²) in [5.74, 6) is 2.06. The zero-order chi connectivity index (χ0) is 17.0.